The highest BCUT2D eigenvalue weighted by atomic mass is 15.1. The zero-order valence-electron chi connectivity index (χ0n) is 11.1. The van der Waals surface area contributed by atoms with Crippen LogP contribution in [0.5, 0.6) is 0 Å². The lowest BCUT2D eigenvalue weighted by atomic mass is 9.98. The Kier molecular flexibility index (Phi) is 4.76. The van der Waals surface area contributed by atoms with Gasteiger partial charge in [0.05, 0.1) is 6.07 Å². The lowest BCUT2D eigenvalue weighted by Crippen LogP contribution is -2.46. The highest BCUT2D eigenvalue weighted by Gasteiger charge is 2.40. The second-order valence-corrected chi connectivity index (χ2v) is 5.37. The molecule has 1 aliphatic rings. The molecule has 0 spiro atoms. The van der Waals surface area contributed by atoms with Crippen molar-refractivity contribution in [3.63, 3.8) is 0 Å². The Labute approximate surface area is 99.8 Å². The highest BCUT2D eigenvalue weighted by Crippen LogP contribution is 2.32. The molecule has 0 aromatic heterocycles. The van der Waals surface area contributed by atoms with E-state index in [0.29, 0.717) is 12.1 Å². The molecular weight excluding hydrogens is 198 g/mol. The van der Waals surface area contributed by atoms with Gasteiger partial charge in [-0.2, -0.15) is 5.26 Å². The van der Waals surface area contributed by atoms with Crippen molar-refractivity contribution < 1.29 is 0 Å². The molecule has 0 aliphatic heterocycles. The first-order valence-electron chi connectivity index (χ1n) is 6.42. The third-order valence-corrected chi connectivity index (χ3v) is 3.47. The second-order valence-electron chi connectivity index (χ2n) is 5.37. The van der Waals surface area contributed by atoms with E-state index < -0.39 is 0 Å². The number of nitrogens with one attached hydrogen (secondary N) is 1. The molecule has 0 aromatic carbocycles. The Morgan fingerprint density at radius 1 is 1.56 bits per heavy atom. The lowest BCUT2D eigenvalue weighted by Gasteiger charge is -2.28. The van der Waals surface area contributed by atoms with Crippen molar-refractivity contribution in [3.05, 3.63) is 0 Å². The Bertz CT molecular complexity index is 256. The summed E-state index contributed by atoms with van der Waals surface area (Å²) in [4.78, 5) is 2.40. The first-order valence-corrected chi connectivity index (χ1v) is 6.42. The van der Waals surface area contributed by atoms with Gasteiger partial charge in [0.1, 0.15) is 5.54 Å². The molecule has 0 bridgehead atoms. The quantitative estimate of drug-likeness (QED) is 0.776. The topological polar surface area (TPSA) is 39.1 Å². The first-order chi connectivity index (χ1) is 7.53. The van der Waals surface area contributed by atoms with E-state index in [-0.39, 0.29) is 5.54 Å². The summed E-state index contributed by atoms with van der Waals surface area (Å²) in [5, 5.41) is 12.8. The van der Waals surface area contributed by atoms with Gasteiger partial charge >= 0.3 is 0 Å². The zero-order chi connectivity index (χ0) is 12.2. The van der Waals surface area contributed by atoms with Crippen molar-refractivity contribution in [1.29, 1.82) is 5.26 Å². The summed E-state index contributed by atoms with van der Waals surface area (Å²) in [5.74, 6) is 0. The average Bonchev–Trinajstić information content (AvgIpc) is 2.62. The molecule has 92 valence electrons. The Morgan fingerprint density at radius 2 is 2.25 bits per heavy atom. The van der Waals surface area contributed by atoms with Crippen LogP contribution in [-0.4, -0.2) is 36.1 Å². The van der Waals surface area contributed by atoms with Gasteiger partial charge in [-0.3, -0.25) is 5.32 Å². The monoisotopic (exact) mass is 223 g/mol. The minimum atomic E-state index is -0.277. The molecule has 0 radical (unpaired) electrons. The fourth-order valence-electron chi connectivity index (χ4n) is 2.75. The molecular formula is C13H25N3. The van der Waals surface area contributed by atoms with Gasteiger partial charge in [-0.1, -0.05) is 6.92 Å². The maximum Gasteiger partial charge on any atom is 0.108 e. The summed E-state index contributed by atoms with van der Waals surface area (Å²) in [7, 11) is 2.18. The summed E-state index contributed by atoms with van der Waals surface area (Å²) in [6.45, 7) is 7.56. The molecule has 1 aliphatic carbocycles. The number of rotatable bonds is 5. The van der Waals surface area contributed by atoms with Crippen LogP contribution in [0.2, 0.25) is 0 Å². The molecule has 0 heterocycles. The molecule has 16 heavy (non-hydrogen) atoms. The number of hydrogen-bond donors (Lipinski definition) is 1. The van der Waals surface area contributed by atoms with Crippen molar-refractivity contribution in [2.75, 3.05) is 13.6 Å². The van der Waals surface area contributed by atoms with Crippen LogP contribution in [-0.2, 0) is 0 Å². The van der Waals surface area contributed by atoms with E-state index in [1.54, 1.807) is 0 Å². The third-order valence-electron chi connectivity index (χ3n) is 3.47. The highest BCUT2D eigenvalue weighted by molar-refractivity contribution is 5.13. The molecule has 3 nitrogen and oxygen atoms in total. The summed E-state index contributed by atoms with van der Waals surface area (Å²) >= 11 is 0. The first kappa shape index (κ1) is 13.5. The standard InChI is InChI=1S/C13H25N3/c1-5-8-16(4)12-6-7-13(9-12,10-14)15-11(2)3/h11-12,15H,5-9H2,1-4H3. The van der Waals surface area contributed by atoms with Gasteiger partial charge in [0.15, 0.2) is 0 Å². The van der Waals surface area contributed by atoms with Crippen LogP contribution in [0, 0.1) is 11.3 Å². The zero-order valence-corrected chi connectivity index (χ0v) is 11.1. The van der Waals surface area contributed by atoms with Crippen molar-refractivity contribution in [1.82, 2.24) is 10.2 Å². The minimum Gasteiger partial charge on any atom is -0.303 e. The van der Waals surface area contributed by atoms with Gasteiger partial charge in [0, 0.05) is 12.1 Å². The van der Waals surface area contributed by atoms with Crippen LogP contribution < -0.4 is 5.32 Å². The van der Waals surface area contributed by atoms with Crippen molar-refractivity contribution in [2.24, 2.45) is 0 Å². The van der Waals surface area contributed by atoms with Gasteiger partial charge in [0.25, 0.3) is 0 Å². The van der Waals surface area contributed by atoms with Crippen LogP contribution in [0.4, 0.5) is 0 Å². The molecule has 1 fully saturated rings. The van der Waals surface area contributed by atoms with Crippen LogP contribution in [0.25, 0.3) is 0 Å². The van der Waals surface area contributed by atoms with Crippen molar-refractivity contribution in [2.45, 2.75) is 64.1 Å². The summed E-state index contributed by atoms with van der Waals surface area (Å²) in [5.41, 5.74) is -0.277. The summed E-state index contributed by atoms with van der Waals surface area (Å²) in [6, 6.07) is 3.46. The van der Waals surface area contributed by atoms with E-state index in [0.717, 1.165) is 25.8 Å². The molecule has 2 atom stereocenters. The van der Waals surface area contributed by atoms with E-state index in [1.165, 1.54) is 6.42 Å². The maximum atomic E-state index is 9.36. The molecule has 0 saturated heterocycles. The van der Waals surface area contributed by atoms with E-state index in [4.69, 9.17) is 0 Å². The van der Waals surface area contributed by atoms with Gasteiger partial charge in [-0.15, -0.1) is 0 Å². The lowest BCUT2D eigenvalue weighted by molar-refractivity contribution is 0.234. The second kappa shape index (κ2) is 5.65. The molecule has 1 saturated carbocycles. The largest absolute Gasteiger partial charge is 0.303 e. The van der Waals surface area contributed by atoms with E-state index in [9.17, 15) is 5.26 Å². The fraction of sp³-hybridized carbons (Fsp3) is 0.923. The fourth-order valence-corrected chi connectivity index (χ4v) is 2.75. The smallest absolute Gasteiger partial charge is 0.108 e. The molecule has 1 rings (SSSR count). The molecule has 0 aromatic rings. The number of nitriles is 1. The third kappa shape index (κ3) is 3.20. The van der Waals surface area contributed by atoms with Crippen molar-refractivity contribution >= 4 is 0 Å². The van der Waals surface area contributed by atoms with Crippen LogP contribution in [0.15, 0.2) is 0 Å². The number of hydrogen-bond acceptors (Lipinski definition) is 3. The Balaban J connectivity index is 2.58. The van der Waals surface area contributed by atoms with Crippen LogP contribution in [0.1, 0.15) is 46.5 Å². The molecule has 2 unspecified atom stereocenters. The van der Waals surface area contributed by atoms with Gasteiger partial charge < -0.3 is 4.90 Å². The van der Waals surface area contributed by atoms with Gasteiger partial charge in [0.2, 0.25) is 0 Å². The van der Waals surface area contributed by atoms with E-state index >= 15 is 0 Å². The average molecular weight is 223 g/mol. The molecule has 3 heteroatoms. The SMILES string of the molecule is CCCN(C)C1CCC(C#N)(NC(C)C)C1. The Morgan fingerprint density at radius 3 is 2.75 bits per heavy atom. The summed E-state index contributed by atoms with van der Waals surface area (Å²) < 4.78 is 0. The van der Waals surface area contributed by atoms with E-state index in [1.807, 2.05) is 0 Å². The predicted octanol–water partition coefficient (Wildman–Crippen LogP) is 2.14. The van der Waals surface area contributed by atoms with E-state index in [2.05, 4.69) is 44.1 Å². The minimum absolute atomic E-state index is 0.277. The summed E-state index contributed by atoms with van der Waals surface area (Å²) in [6.07, 6.45) is 4.28. The number of nitrogens with zero attached hydrogens (tertiary/aromatic N) is 2. The van der Waals surface area contributed by atoms with Gasteiger partial charge in [-0.05, 0) is 53.1 Å². The molecule has 1 N–H and O–H groups in total. The predicted molar refractivity (Wildman–Crippen MR) is 67.2 cm³/mol. The maximum absolute atomic E-state index is 9.36. The van der Waals surface area contributed by atoms with Crippen molar-refractivity contribution in [3.8, 4) is 6.07 Å². The van der Waals surface area contributed by atoms with Gasteiger partial charge in [-0.25, -0.2) is 0 Å². The van der Waals surface area contributed by atoms with Crippen LogP contribution in [0.3, 0.4) is 0 Å². The van der Waals surface area contributed by atoms with Crippen LogP contribution >= 0.6 is 0 Å². The normalized spacial score (nSPS) is 29.9. The Hall–Kier alpha value is -0.590. The molecule has 0 amide bonds.